The van der Waals surface area contributed by atoms with Crippen LogP contribution >= 0.6 is 23.2 Å². The molecule has 0 bridgehead atoms. The van der Waals surface area contributed by atoms with Crippen LogP contribution in [0.15, 0.2) is 42.5 Å². The number of benzene rings is 2. The van der Waals surface area contributed by atoms with E-state index in [1.807, 2.05) is 30.3 Å². The van der Waals surface area contributed by atoms with Crippen LogP contribution in [-0.2, 0) is 5.88 Å². The molecule has 0 N–H and O–H groups in total. The van der Waals surface area contributed by atoms with E-state index in [1.54, 1.807) is 0 Å². The lowest BCUT2D eigenvalue weighted by Crippen LogP contribution is -1.89. The number of rotatable bonds is 2. The van der Waals surface area contributed by atoms with Crippen LogP contribution in [-0.4, -0.2) is 0 Å². The average molecular weight is 251 g/mol. The maximum absolute atomic E-state index is 5.90. The number of halogens is 2. The zero-order valence-electron chi connectivity index (χ0n) is 9.00. The molecule has 16 heavy (non-hydrogen) atoms. The van der Waals surface area contributed by atoms with Gasteiger partial charge >= 0.3 is 0 Å². The largest absolute Gasteiger partial charge is 0.122 e. The van der Waals surface area contributed by atoms with Gasteiger partial charge in [0, 0.05) is 10.9 Å². The predicted octanol–water partition coefficient (Wildman–Crippen LogP) is 5.05. The fourth-order valence-corrected chi connectivity index (χ4v) is 2.19. The fraction of sp³-hybridized carbons (Fsp3) is 0.143. The molecule has 0 aliphatic rings. The van der Waals surface area contributed by atoms with E-state index in [1.165, 1.54) is 22.3 Å². The molecule has 2 heteroatoms. The maximum atomic E-state index is 5.90. The normalized spacial score (nSPS) is 10.4. The first kappa shape index (κ1) is 11.5. The Kier molecular flexibility index (Phi) is 3.52. The molecule has 0 atom stereocenters. The molecule has 2 rings (SSSR count). The van der Waals surface area contributed by atoms with Gasteiger partial charge in [0.05, 0.1) is 0 Å². The van der Waals surface area contributed by atoms with Gasteiger partial charge in [-0.05, 0) is 41.3 Å². The molecule has 0 fully saturated rings. The average Bonchev–Trinajstić information content (AvgIpc) is 2.31. The summed E-state index contributed by atoms with van der Waals surface area (Å²) < 4.78 is 0. The molecule has 0 spiro atoms. The Labute approximate surface area is 106 Å². The Morgan fingerprint density at radius 3 is 2.31 bits per heavy atom. The molecule has 2 aromatic carbocycles. The van der Waals surface area contributed by atoms with Crippen LogP contribution in [0.5, 0.6) is 0 Å². The SMILES string of the molecule is Cc1c(CCl)cccc1-c1ccc(Cl)cc1. The zero-order valence-corrected chi connectivity index (χ0v) is 10.5. The Morgan fingerprint density at radius 2 is 1.69 bits per heavy atom. The van der Waals surface area contributed by atoms with Crippen LogP contribution in [0.2, 0.25) is 5.02 Å². The van der Waals surface area contributed by atoms with Crippen LogP contribution in [0.25, 0.3) is 11.1 Å². The molecule has 0 radical (unpaired) electrons. The van der Waals surface area contributed by atoms with Gasteiger partial charge in [0.2, 0.25) is 0 Å². The standard InChI is InChI=1S/C14H12Cl2/c1-10-12(9-15)3-2-4-14(10)11-5-7-13(16)8-6-11/h2-8H,9H2,1H3. The Balaban J connectivity index is 2.51. The van der Waals surface area contributed by atoms with Crippen LogP contribution in [0.3, 0.4) is 0 Å². The van der Waals surface area contributed by atoms with E-state index >= 15 is 0 Å². The minimum absolute atomic E-state index is 0.549. The van der Waals surface area contributed by atoms with E-state index in [9.17, 15) is 0 Å². The van der Waals surface area contributed by atoms with Crippen molar-refractivity contribution in [2.45, 2.75) is 12.8 Å². The highest BCUT2D eigenvalue weighted by Crippen LogP contribution is 2.27. The van der Waals surface area contributed by atoms with Gasteiger partial charge in [-0.3, -0.25) is 0 Å². The van der Waals surface area contributed by atoms with Crippen molar-refractivity contribution in [2.24, 2.45) is 0 Å². The van der Waals surface area contributed by atoms with E-state index in [-0.39, 0.29) is 0 Å². The molecule has 0 saturated heterocycles. The number of hydrogen-bond acceptors (Lipinski definition) is 0. The molecular formula is C14H12Cl2. The molecule has 0 unspecified atom stereocenters. The van der Waals surface area contributed by atoms with E-state index in [2.05, 4.69) is 19.1 Å². The van der Waals surface area contributed by atoms with Crippen LogP contribution in [0, 0.1) is 6.92 Å². The van der Waals surface area contributed by atoms with Gasteiger partial charge in [0.1, 0.15) is 0 Å². The van der Waals surface area contributed by atoms with Gasteiger partial charge in [0.25, 0.3) is 0 Å². The smallest absolute Gasteiger partial charge is 0.0476 e. The summed E-state index contributed by atoms with van der Waals surface area (Å²) in [6.07, 6.45) is 0. The second-order valence-electron chi connectivity index (χ2n) is 3.73. The summed E-state index contributed by atoms with van der Waals surface area (Å²) in [5.74, 6) is 0.549. The Morgan fingerprint density at radius 1 is 1.00 bits per heavy atom. The first-order chi connectivity index (χ1) is 7.72. The molecule has 0 aliphatic heterocycles. The molecular weight excluding hydrogens is 239 g/mol. The van der Waals surface area contributed by atoms with Gasteiger partial charge in [-0.15, -0.1) is 11.6 Å². The third kappa shape index (κ3) is 2.23. The first-order valence-electron chi connectivity index (χ1n) is 5.13. The summed E-state index contributed by atoms with van der Waals surface area (Å²) in [5.41, 5.74) is 4.80. The highest BCUT2D eigenvalue weighted by molar-refractivity contribution is 6.30. The fourth-order valence-electron chi connectivity index (χ4n) is 1.77. The second-order valence-corrected chi connectivity index (χ2v) is 4.43. The van der Waals surface area contributed by atoms with Crippen molar-refractivity contribution >= 4 is 23.2 Å². The molecule has 0 aliphatic carbocycles. The molecule has 0 amide bonds. The number of alkyl halides is 1. The number of hydrogen-bond donors (Lipinski definition) is 0. The predicted molar refractivity (Wildman–Crippen MR) is 71.2 cm³/mol. The second kappa shape index (κ2) is 4.90. The Hall–Kier alpha value is -0.980. The van der Waals surface area contributed by atoms with Crippen LogP contribution < -0.4 is 0 Å². The summed E-state index contributed by atoms with van der Waals surface area (Å²) in [6, 6.07) is 14.1. The highest BCUT2D eigenvalue weighted by atomic mass is 35.5. The zero-order chi connectivity index (χ0) is 11.5. The highest BCUT2D eigenvalue weighted by Gasteiger charge is 2.04. The quantitative estimate of drug-likeness (QED) is 0.655. The van der Waals surface area contributed by atoms with Crippen molar-refractivity contribution in [3.05, 3.63) is 58.6 Å². The lowest BCUT2D eigenvalue weighted by molar-refractivity contribution is 1.30. The van der Waals surface area contributed by atoms with Crippen molar-refractivity contribution in [3.8, 4) is 11.1 Å². The van der Waals surface area contributed by atoms with Crippen molar-refractivity contribution in [1.29, 1.82) is 0 Å². The van der Waals surface area contributed by atoms with Gasteiger partial charge in [-0.25, -0.2) is 0 Å². The van der Waals surface area contributed by atoms with Crippen molar-refractivity contribution in [3.63, 3.8) is 0 Å². The minimum atomic E-state index is 0.549. The van der Waals surface area contributed by atoms with Crippen LogP contribution in [0.4, 0.5) is 0 Å². The van der Waals surface area contributed by atoms with Crippen LogP contribution in [0.1, 0.15) is 11.1 Å². The van der Waals surface area contributed by atoms with Gasteiger partial charge in [-0.2, -0.15) is 0 Å². The third-order valence-electron chi connectivity index (χ3n) is 2.75. The molecule has 82 valence electrons. The lowest BCUT2D eigenvalue weighted by atomic mass is 9.97. The van der Waals surface area contributed by atoms with Gasteiger partial charge in [0.15, 0.2) is 0 Å². The Bertz CT molecular complexity index is 487. The first-order valence-corrected chi connectivity index (χ1v) is 6.04. The van der Waals surface area contributed by atoms with E-state index in [0.29, 0.717) is 5.88 Å². The van der Waals surface area contributed by atoms with Gasteiger partial charge in [-0.1, -0.05) is 41.9 Å². The lowest BCUT2D eigenvalue weighted by Gasteiger charge is -2.09. The van der Waals surface area contributed by atoms with Crippen molar-refractivity contribution < 1.29 is 0 Å². The molecule has 2 aromatic rings. The molecule has 0 aromatic heterocycles. The minimum Gasteiger partial charge on any atom is -0.122 e. The van der Waals surface area contributed by atoms with Crippen molar-refractivity contribution in [1.82, 2.24) is 0 Å². The van der Waals surface area contributed by atoms with Gasteiger partial charge < -0.3 is 0 Å². The van der Waals surface area contributed by atoms with Crippen molar-refractivity contribution in [2.75, 3.05) is 0 Å². The topological polar surface area (TPSA) is 0 Å². The van der Waals surface area contributed by atoms with E-state index in [4.69, 9.17) is 23.2 Å². The monoisotopic (exact) mass is 250 g/mol. The summed E-state index contributed by atoms with van der Waals surface area (Å²) in [4.78, 5) is 0. The summed E-state index contributed by atoms with van der Waals surface area (Å²) in [6.45, 7) is 2.10. The summed E-state index contributed by atoms with van der Waals surface area (Å²) in [7, 11) is 0. The van der Waals surface area contributed by atoms with E-state index < -0.39 is 0 Å². The summed E-state index contributed by atoms with van der Waals surface area (Å²) >= 11 is 11.8. The summed E-state index contributed by atoms with van der Waals surface area (Å²) in [5, 5.41) is 0.759. The molecule has 0 heterocycles. The molecule has 0 nitrogen and oxygen atoms in total. The van der Waals surface area contributed by atoms with E-state index in [0.717, 1.165) is 5.02 Å². The maximum Gasteiger partial charge on any atom is 0.0476 e. The third-order valence-corrected chi connectivity index (χ3v) is 3.29. The molecule has 0 saturated carbocycles.